The second-order valence-corrected chi connectivity index (χ2v) is 7.83. The fraction of sp³-hybridized carbons (Fsp3) is 1.00. The molecule has 2 unspecified atom stereocenters. The summed E-state index contributed by atoms with van der Waals surface area (Å²) in [5.74, 6) is 0. The van der Waals surface area contributed by atoms with Gasteiger partial charge in [0.1, 0.15) is 0 Å². The molecule has 0 N–H and O–H groups in total. The molecule has 1 aliphatic rings. The molecule has 1 fully saturated rings. The van der Waals surface area contributed by atoms with Crippen LogP contribution in [0.1, 0.15) is 65.7 Å². The average Bonchev–Trinajstić information content (AvgIpc) is 2.37. The van der Waals surface area contributed by atoms with Gasteiger partial charge in [0.25, 0.3) is 0 Å². The van der Waals surface area contributed by atoms with Gasteiger partial charge in [0.15, 0.2) is 0 Å². The van der Waals surface area contributed by atoms with Crippen LogP contribution in [-0.4, -0.2) is 16.6 Å². The third-order valence-corrected chi connectivity index (χ3v) is 4.70. The minimum atomic E-state index is 0.455. The largest absolute Gasteiger partial charge is 0.377 e. The van der Waals surface area contributed by atoms with Crippen LogP contribution in [0.5, 0.6) is 0 Å². The van der Waals surface area contributed by atoms with Gasteiger partial charge < -0.3 is 4.74 Å². The summed E-state index contributed by atoms with van der Waals surface area (Å²) in [6.07, 6.45) is 9.81. The second-order valence-electron chi connectivity index (χ2n) is 6.23. The molecule has 1 aliphatic carbocycles. The van der Waals surface area contributed by atoms with Crippen LogP contribution in [-0.2, 0) is 4.74 Å². The third kappa shape index (κ3) is 6.43. The van der Waals surface area contributed by atoms with Crippen molar-refractivity contribution in [2.45, 2.75) is 75.7 Å². The number of hydrogen-bond donors (Lipinski definition) is 0. The predicted octanol–water partition coefficient (Wildman–Crippen LogP) is 4.97. The molecular weight excluding hydrogens is 311 g/mol. The highest BCUT2D eigenvalue weighted by molar-refractivity contribution is 14.1. The van der Waals surface area contributed by atoms with E-state index in [1.165, 1.54) is 44.9 Å². The van der Waals surface area contributed by atoms with Crippen molar-refractivity contribution in [3.05, 3.63) is 0 Å². The fourth-order valence-corrected chi connectivity index (χ4v) is 3.26. The van der Waals surface area contributed by atoms with Gasteiger partial charge in [-0.3, -0.25) is 0 Å². The fourth-order valence-electron chi connectivity index (χ4n) is 2.25. The number of hydrogen-bond acceptors (Lipinski definition) is 1. The average molecular weight is 338 g/mol. The minimum absolute atomic E-state index is 0.455. The Morgan fingerprint density at radius 2 is 1.81 bits per heavy atom. The molecule has 0 bridgehead atoms. The van der Waals surface area contributed by atoms with E-state index in [1.807, 2.05) is 0 Å². The van der Waals surface area contributed by atoms with E-state index in [0.717, 1.165) is 10.5 Å². The molecule has 1 nitrogen and oxygen atoms in total. The van der Waals surface area contributed by atoms with Crippen LogP contribution in [0.4, 0.5) is 0 Å². The first-order valence-electron chi connectivity index (χ1n) is 6.75. The highest BCUT2D eigenvalue weighted by Gasteiger charge is 2.21. The Balaban J connectivity index is 2.15. The molecule has 0 aromatic rings. The monoisotopic (exact) mass is 338 g/mol. The molecule has 96 valence electrons. The van der Waals surface area contributed by atoms with Crippen molar-refractivity contribution in [2.24, 2.45) is 5.41 Å². The van der Waals surface area contributed by atoms with Crippen molar-refractivity contribution in [1.29, 1.82) is 0 Å². The van der Waals surface area contributed by atoms with E-state index < -0.39 is 0 Å². The lowest BCUT2D eigenvalue weighted by atomic mass is 9.91. The maximum absolute atomic E-state index is 6.06. The van der Waals surface area contributed by atoms with Gasteiger partial charge in [0.2, 0.25) is 0 Å². The maximum Gasteiger partial charge on any atom is 0.0692 e. The lowest BCUT2D eigenvalue weighted by molar-refractivity contribution is 0.0440. The summed E-state index contributed by atoms with van der Waals surface area (Å²) in [4.78, 5) is 0. The number of alkyl halides is 1. The molecule has 0 radical (unpaired) electrons. The van der Waals surface area contributed by atoms with E-state index in [-0.39, 0.29) is 0 Å². The Kier molecular flexibility index (Phi) is 6.63. The summed E-state index contributed by atoms with van der Waals surface area (Å²) in [5.41, 5.74) is 0.455. The van der Waals surface area contributed by atoms with Crippen LogP contribution in [0, 0.1) is 5.41 Å². The Bertz CT molecular complexity index is 186. The summed E-state index contributed by atoms with van der Waals surface area (Å²) >= 11 is 2.59. The summed E-state index contributed by atoms with van der Waals surface area (Å²) in [5, 5.41) is 0. The molecule has 0 amide bonds. The van der Waals surface area contributed by atoms with E-state index >= 15 is 0 Å². The van der Waals surface area contributed by atoms with Crippen molar-refractivity contribution in [1.82, 2.24) is 0 Å². The first-order chi connectivity index (χ1) is 7.49. The molecule has 0 saturated heterocycles. The zero-order valence-corrected chi connectivity index (χ0v) is 13.3. The topological polar surface area (TPSA) is 9.23 Å². The number of rotatable bonds is 4. The van der Waals surface area contributed by atoms with E-state index in [0.29, 0.717) is 11.5 Å². The van der Waals surface area contributed by atoms with E-state index in [9.17, 15) is 0 Å². The maximum atomic E-state index is 6.06. The predicted molar refractivity (Wildman–Crippen MR) is 79.3 cm³/mol. The van der Waals surface area contributed by atoms with Crippen LogP contribution in [0.15, 0.2) is 0 Å². The van der Waals surface area contributed by atoms with Crippen molar-refractivity contribution in [3.63, 3.8) is 0 Å². The molecule has 1 saturated carbocycles. The summed E-state index contributed by atoms with van der Waals surface area (Å²) in [6, 6.07) is 0. The molecule has 0 heterocycles. The van der Waals surface area contributed by atoms with Gasteiger partial charge in [-0.25, -0.2) is 0 Å². The number of ether oxygens (including phenoxy) is 1. The van der Waals surface area contributed by atoms with Gasteiger partial charge in [0.05, 0.1) is 6.10 Å². The highest BCUT2D eigenvalue weighted by Crippen LogP contribution is 2.27. The standard InChI is InChI=1S/C14H27IO/c1-14(2,3)10-7-11-16-13-9-6-4-5-8-12(13)15/h12-13H,4-11H2,1-3H3. The lowest BCUT2D eigenvalue weighted by Crippen LogP contribution is -2.23. The zero-order valence-electron chi connectivity index (χ0n) is 11.1. The SMILES string of the molecule is CC(C)(C)CCCOC1CCCCCC1I. The van der Waals surface area contributed by atoms with Gasteiger partial charge in [-0.15, -0.1) is 0 Å². The molecule has 0 aromatic carbocycles. The van der Waals surface area contributed by atoms with Crippen molar-refractivity contribution in [3.8, 4) is 0 Å². The quantitative estimate of drug-likeness (QED) is 0.304. The van der Waals surface area contributed by atoms with E-state index in [4.69, 9.17) is 4.74 Å². The van der Waals surface area contributed by atoms with Gasteiger partial charge in [-0.1, -0.05) is 62.6 Å². The Hall–Kier alpha value is 0.690. The van der Waals surface area contributed by atoms with Crippen molar-refractivity contribution >= 4 is 22.6 Å². The van der Waals surface area contributed by atoms with Crippen molar-refractivity contribution < 1.29 is 4.74 Å². The minimum Gasteiger partial charge on any atom is -0.377 e. The van der Waals surface area contributed by atoms with Crippen molar-refractivity contribution in [2.75, 3.05) is 6.61 Å². The van der Waals surface area contributed by atoms with E-state index in [2.05, 4.69) is 43.4 Å². The summed E-state index contributed by atoms with van der Waals surface area (Å²) in [7, 11) is 0. The molecule has 16 heavy (non-hydrogen) atoms. The zero-order chi connectivity index (χ0) is 12.0. The molecule has 1 rings (SSSR count). The molecular formula is C14H27IO. The van der Waals surface area contributed by atoms with Gasteiger partial charge in [-0.05, 0) is 31.1 Å². The first kappa shape index (κ1) is 14.7. The Morgan fingerprint density at radius 3 is 2.50 bits per heavy atom. The van der Waals surface area contributed by atoms with Gasteiger partial charge in [0, 0.05) is 10.5 Å². The molecule has 2 heteroatoms. The van der Waals surface area contributed by atoms with E-state index in [1.54, 1.807) is 0 Å². The third-order valence-electron chi connectivity index (χ3n) is 3.27. The molecule has 0 aliphatic heterocycles. The highest BCUT2D eigenvalue weighted by atomic mass is 127. The van der Waals surface area contributed by atoms with Gasteiger partial charge >= 0.3 is 0 Å². The summed E-state index contributed by atoms with van der Waals surface area (Å²) in [6.45, 7) is 7.88. The smallest absolute Gasteiger partial charge is 0.0692 e. The Morgan fingerprint density at radius 1 is 1.12 bits per heavy atom. The van der Waals surface area contributed by atoms with Crippen LogP contribution in [0.25, 0.3) is 0 Å². The number of halogens is 1. The molecule has 0 aromatic heterocycles. The van der Waals surface area contributed by atoms with Crippen LogP contribution < -0.4 is 0 Å². The second kappa shape index (κ2) is 7.20. The Labute approximate surface area is 115 Å². The van der Waals surface area contributed by atoms with Gasteiger partial charge in [-0.2, -0.15) is 0 Å². The summed E-state index contributed by atoms with van der Waals surface area (Å²) < 4.78 is 6.81. The molecule has 0 spiro atoms. The molecule has 2 atom stereocenters. The normalized spacial score (nSPS) is 27.8. The van der Waals surface area contributed by atoms with Crippen LogP contribution in [0.3, 0.4) is 0 Å². The van der Waals surface area contributed by atoms with Crippen LogP contribution in [0.2, 0.25) is 0 Å². The van der Waals surface area contributed by atoms with Crippen LogP contribution >= 0.6 is 22.6 Å². The lowest BCUT2D eigenvalue weighted by Gasteiger charge is -2.22. The first-order valence-corrected chi connectivity index (χ1v) is 7.99.